The molecule has 0 amide bonds. The molecule has 1 aliphatic rings. The Labute approximate surface area is 117 Å². The maximum atomic E-state index is 11.3. The fourth-order valence-corrected chi connectivity index (χ4v) is 2.80. The summed E-state index contributed by atoms with van der Waals surface area (Å²) in [6.07, 6.45) is 6.22. The van der Waals surface area contributed by atoms with Crippen LogP contribution < -0.4 is 4.74 Å². The first-order valence-corrected chi connectivity index (χ1v) is 6.99. The molecule has 0 radical (unpaired) electrons. The Morgan fingerprint density at radius 1 is 1.30 bits per heavy atom. The number of carboxylic acids is 1. The monoisotopic (exact) mass is 271 g/mol. The van der Waals surface area contributed by atoms with Crippen molar-refractivity contribution < 1.29 is 14.6 Å². The third-order valence-corrected chi connectivity index (χ3v) is 3.89. The lowest BCUT2D eigenvalue weighted by atomic mass is 10.1. The quantitative estimate of drug-likeness (QED) is 0.924. The number of carbonyl (C=O) groups is 1. The van der Waals surface area contributed by atoms with Gasteiger partial charge in [0.1, 0.15) is 11.3 Å². The van der Waals surface area contributed by atoms with Gasteiger partial charge in [0.05, 0.1) is 12.1 Å². The number of fused-ring (bicyclic) bond motifs is 1. The first-order chi connectivity index (χ1) is 9.75. The smallest absolute Gasteiger partial charge is 0.341 e. The maximum absolute atomic E-state index is 11.3. The minimum Gasteiger partial charge on any atom is -0.492 e. The molecule has 1 fully saturated rings. The van der Waals surface area contributed by atoms with E-state index >= 15 is 0 Å². The van der Waals surface area contributed by atoms with Gasteiger partial charge in [-0.1, -0.05) is 25.0 Å². The topological polar surface area (TPSA) is 59.4 Å². The van der Waals surface area contributed by atoms with Gasteiger partial charge in [-0.3, -0.25) is 4.98 Å². The molecule has 1 aromatic heterocycles. The van der Waals surface area contributed by atoms with Crippen molar-refractivity contribution in [3.8, 4) is 5.75 Å². The van der Waals surface area contributed by atoms with E-state index in [0.29, 0.717) is 18.3 Å². The van der Waals surface area contributed by atoms with Crippen LogP contribution in [0.1, 0.15) is 36.0 Å². The predicted molar refractivity (Wildman–Crippen MR) is 76.2 cm³/mol. The Morgan fingerprint density at radius 3 is 2.80 bits per heavy atom. The van der Waals surface area contributed by atoms with Gasteiger partial charge in [0.2, 0.25) is 0 Å². The average molecular weight is 271 g/mol. The van der Waals surface area contributed by atoms with Gasteiger partial charge in [-0.2, -0.15) is 0 Å². The third-order valence-electron chi connectivity index (χ3n) is 3.89. The number of hydrogen-bond donors (Lipinski definition) is 1. The van der Waals surface area contributed by atoms with Crippen molar-refractivity contribution in [3.05, 3.63) is 36.0 Å². The molecule has 104 valence electrons. The normalized spacial score (nSPS) is 15.6. The molecule has 1 heterocycles. The van der Waals surface area contributed by atoms with E-state index in [4.69, 9.17) is 4.74 Å². The molecule has 4 heteroatoms. The van der Waals surface area contributed by atoms with Crippen molar-refractivity contribution in [3.63, 3.8) is 0 Å². The number of para-hydroxylation sites is 1. The van der Waals surface area contributed by atoms with Crippen molar-refractivity contribution in [2.75, 3.05) is 6.61 Å². The molecule has 1 N–H and O–H groups in total. The van der Waals surface area contributed by atoms with E-state index in [9.17, 15) is 9.90 Å². The highest BCUT2D eigenvalue weighted by atomic mass is 16.5. The van der Waals surface area contributed by atoms with E-state index in [2.05, 4.69) is 4.98 Å². The van der Waals surface area contributed by atoms with Gasteiger partial charge in [-0.25, -0.2) is 4.79 Å². The molecule has 0 unspecified atom stereocenters. The second-order valence-electron chi connectivity index (χ2n) is 5.28. The molecule has 0 atom stereocenters. The van der Waals surface area contributed by atoms with Crippen molar-refractivity contribution in [1.82, 2.24) is 4.98 Å². The Kier molecular flexibility index (Phi) is 3.54. The summed E-state index contributed by atoms with van der Waals surface area (Å²) in [6.45, 7) is 0.592. The number of nitrogens with zero attached hydrogens (tertiary/aromatic N) is 1. The van der Waals surface area contributed by atoms with Crippen LogP contribution in [0.25, 0.3) is 10.9 Å². The maximum Gasteiger partial charge on any atom is 0.341 e. The Morgan fingerprint density at radius 2 is 2.05 bits per heavy atom. The van der Waals surface area contributed by atoms with Gasteiger partial charge in [0.15, 0.2) is 0 Å². The molecular formula is C16H17NO3. The standard InChI is InChI=1S/C16H17NO3/c18-16(19)13-9-17-14-8-4-3-7-12(14)15(13)20-10-11-5-1-2-6-11/h3-4,7-9,11H,1-2,5-6,10H2,(H,18,19). The number of pyridine rings is 1. The lowest BCUT2D eigenvalue weighted by Gasteiger charge is -2.15. The van der Waals surface area contributed by atoms with Crippen LogP contribution in [0.3, 0.4) is 0 Å². The van der Waals surface area contributed by atoms with E-state index in [1.807, 2.05) is 24.3 Å². The molecule has 4 nitrogen and oxygen atoms in total. The van der Waals surface area contributed by atoms with Crippen LogP contribution in [0.4, 0.5) is 0 Å². The summed E-state index contributed by atoms with van der Waals surface area (Å²) in [5.41, 5.74) is 0.903. The highest BCUT2D eigenvalue weighted by Gasteiger charge is 2.19. The fourth-order valence-electron chi connectivity index (χ4n) is 2.80. The zero-order valence-electron chi connectivity index (χ0n) is 11.2. The average Bonchev–Trinajstić information content (AvgIpc) is 2.97. The number of ether oxygens (including phenoxy) is 1. The molecule has 1 aromatic carbocycles. The van der Waals surface area contributed by atoms with Gasteiger partial charge in [0, 0.05) is 11.6 Å². The van der Waals surface area contributed by atoms with Gasteiger partial charge in [-0.05, 0) is 30.9 Å². The molecule has 0 bridgehead atoms. The molecule has 1 aliphatic carbocycles. The number of hydrogen-bond acceptors (Lipinski definition) is 3. The number of benzene rings is 1. The predicted octanol–water partition coefficient (Wildman–Crippen LogP) is 3.50. The molecular weight excluding hydrogens is 254 g/mol. The molecule has 0 aliphatic heterocycles. The summed E-state index contributed by atoms with van der Waals surface area (Å²) < 4.78 is 5.87. The fraction of sp³-hybridized carbons (Fsp3) is 0.375. The Hall–Kier alpha value is -2.10. The van der Waals surface area contributed by atoms with Crippen LogP contribution in [-0.4, -0.2) is 22.7 Å². The van der Waals surface area contributed by atoms with Gasteiger partial charge in [-0.15, -0.1) is 0 Å². The van der Waals surface area contributed by atoms with E-state index in [-0.39, 0.29) is 5.56 Å². The number of rotatable bonds is 4. The number of carboxylic acid groups (broad SMARTS) is 1. The number of aromatic carboxylic acids is 1. The van der Waals surface area contributed by atoms with E-state index < -0.39 is 5.97 Å². The zero-order valence-corrected chi connectivity index (χ0v) is 11.2. The molecule has 2 aromatic rings. The second kappa shape index (κ2) is 5.49. The Balaban J connectivity index is 1.96. The number of aromatic nitrogens is 1. The third kappa shape index (κ3) is 2.46. The molecule has 1 saturated carbocycles. The SMILES string of the molecule is O=C(O)c1cnc2ccccc2c1OCC1CCCC1. The molecule has 3 rings (SSSR count). The molecule has 0 saturated heterocycles. The minimum absolute atomic E-state index is 0.140. The van der Waals surface area contributed by atoms with E-state index in [0.717, 1.165) is 10.9 Å². The van der Waals surface area contributed by atoms with Gasteiger partial charge >= 0.3 is 5.97 Å². The lowest BCUT2D eigenvalue weighted by molar-refractivity contribution is 0.0691. The minimum atomic E-state index is -0.996. The molecule has 0 spiro atoms. The summed E-state index contributed by atoms with van der Waals surface area (Å²) in [5.74, 6) is 0.00301. The highest BCUT2D eigenvalue weighted by molar-refractivity contribution is 5.98. The first-order valence-electron chi connectivity index (χ1n) is 6.99. The summed E-state index contributed by atoms with van der Waals surface area (Å²) in [7, 11) is 0. The Bertz CT molecular complexity index is 633. The lowest BCUT2D eigenvalue weighted by Crippen LogP contribution is -2.11. The van der Waals surface area contributed by atoms with Crippen molar-refractivity contribution >= 4 is 16.9 Å². The summed E-state index contributed by atoms with van der Waals surface area (Å²) in [5, 5.41) is 10.1. The second-order valence-corrected chi connectivity index (χ2v) is 5.28. The largest absolute Gasteiger partial charge is 0.492 e. The van der Waals surface area contributed by atoms with Gasteiger partial charge in [0.25, 0.3) is 0 Å². The van der Waals surface area contributed by atoms with Crippen LogP contribution in [0, 0.1) is 5.92 Å². The first kappa shape index (κ1) is 12.9. The van der Waals surface area contributed by atoms with Crippen LogP contribution in [0.5, 0.6) is 5.75 Å². The van der Waals surface area contributed by atoms with Gasteiger partial charge < -0.3 is 9.84 Å². The van der Waals surface area contributed by atoms with Crippen LogP contribution in [0.2, 0.25) is 0 Å². The highest BCUT2D eigenvalue weighted by Crippen LogP contribution is 2.31. The molecule has 20 heavy (non-hydrogen) atoms. The van der Waals surface area contributed by atoms with E-state index in [1.54, 1.807) is 0 Å². The summed E-state index contributed by atoms with van der Waals surface area (Å²) in [4.78, 5) is 15.5. The van der Waals surface area contributed by atoms with Crippen LogP contribution in [-0.2, 0) is 0 Å². The van der Waals surface area contributed by atoms with Crippen molar-refractivity contribution in [2.45, 2.75) is 25.7 Å². The van der Waals surface area contributed by atoms with Crippen LogP contribution in [0.15, 0.2) is 30.5 Å². The van der Waals surface area contributed by atoms with Crippen molar-refractivity contribution in [1.29, 1.82) is 0 Å². The van der Waals surface area contributed by atoms with E-state index in [1.165, 1.54) is 31.9 Å². The summed E-state index contributed by atoms with van der Waals surface area (Å²) in [6, 6.07) is 7.48. The summed E-state index contributed by atoms with van der Waals surface area (Å²) >= 11 is 0. The van der Waals surface area contributed by atoms with Crippen molar-refractivity contribution in [2.24, 2.45) is 5.92 Å². The zero-order chi connectivity index (χ0) is 13.9. The van der Waals surface area contributed by atoms with Crippen LogP contribution >= 0.6 is 0 Å².